The van der Waals surface area contributed by atoms with E-state index >= 15 is 0 Å². The predicted molar refractivity (Wildman–Crippen MR) is 76.1 cm³/mol. The third-order valence-electron chi connectivity index (χ3n) is 3.05. The van der Waals surface area contributed by atoms with E-state index in [1.165, 1.54) is 6.33 Å². The lowest BCUT2D eigenvalue weighted by Crippen LogP contribution is -2.24. The number of H-pyrrole nitrogens is 1. The second kappa shape index (κ2) is 6.57. The molecule has 0 saturated carbocycles. The van der Waals surface area contributed by atoms with E-state index in [4.69, 9.17) is 0 Å². The molecule has 0 aliphatic rings. The molecular weight excluding hydrogens is 284 g/mol. The Kier molecular flexibility index (Phi) is 4.14. The summed E-state index contributed by atoms with van der Waals surface area (Å²) < 4.78 is 1.62. The van der Waals surface area contributed by atoms with E-state index in [-0.39, 0.29) is 5.91 Å². The molecule has 1 amide bonds. The van der Waals surface area contributed by atoms with Gasteiger partial charge in [0.1, 0.15) is 12.7 Å². The average Bonchev–Trinajstić information content (AvgIpc) is 3.24. The maximum absolute atomic E-state index is 11.8. The van der Waals surface area contributed by atoms with Crippen molar-refractivity contribution in [2.75, 3.05) is 0 Å². The third kappa shape index (κ3) is 3.51. The summed E-state index contributed by atoms with van der Waals surface area (Å²) in [6, 6.07) is 7.63. The molecule has 3 rings (SSSR count). The molecule has 0 unspecified atom stereocenters. The highest BCUT2D eigenvalue weighted by Gasteiger charge is 2.05. The molecule has 0 fully saturated rings. The maximum Gasteiger partial charge on any atom is 0.222 e. The van der Waals surface area contributed by atoms with Gasteiger partial charge in [0.25, 0.3) is 0 Å². The van der Waals surface area contributed by atoms with Gasteiger partial charge in [-0.1, -0.05) is 18.2 Å². The summed E-state index contributed by atoms with van der Waals surface area (Å²) in [6.07, 6.45) is 3.39. The number of tetrazole rings is 1. The number of carbonyl (C=O) groups is 1. The molecule has 0 radical (unpaired) electrons. The van der Waals surface area contributed by atoms with Gasteiger partial charge in [-0.3, -0.25) is 9.48 Å². The fourth-order valence-corrected chi connectivity index (χ4v) is 1.96. The van der Waals surface area contributed by atoms with E-state index in [1.54, 1.807) is 11.0 Å². The zero-order valence-electron chi connectivity index (χ0n) is 11.7. The van der Waals surface area contributed by atoms with Crippen LogP contribution in [0, 0.1) is 0 Å². The number of nitrogens with one attached hydrogen (secondary N) is 2. The fourth-order valence-electron chi connectivity index (χ4n) is 1.96. The topological polar surface area (TPSA) is 114 Å². The zero-order valence-corrected chi connectivity index (χ0v) is 11.7. The Morgan fingerprint density at radius 3 is 3.09 bits per heavy atom. The largest absolute Gasteiger partial charge is 0.352 e. The van der Waals surface area contributed by atoms with Gasteiger partial charge < -0.3 is 5.32 Å². The van der Waals surface area contributed by atoms with Gasteiger partial charge in [-0.2, -0.15) is 10.3 Å². The van der Waals surface area contributed by atoms with Gasteiger partial charge in [0.2, 0.25) is 11.7 Å². The molecule has 9 heteroatoms. The first-order valence-electron chi connectivity index (χ1n) is 6.73. The standard InChI is InChI=1S/C13H14N8O/c22-12(4-5-21-9-14-8-16-21)15-7-10-2-1-3-11(6-10)13-17-19-20-18-13/h1-3,6,8-9H,4-5,7H2,(H,15,22)(H,17,18,19,20). The first kappa shape index (κ1) is 13.9. The Labute approximate surface area is 125 Å². The average molecular weight is 298 g/mol. The minimum Gasteiger partial charge on any atom is -0.352 e. The molecule has 2 N–H and O–H groups in total. The first-order chi connectivity index (χ1) is 10.8. The van der Waals surface area contributed by atoms with Crippen molar-refractivity contribution < 1.29 is 4.79 Å². The molecular formula is C13H14N8O. The van der Waals surface area contributed by atoms with E-state index in [1.807, 2.05) is 24.3 Å². The lowest BCUT2D eigenvalue weighted by atomic mass is 10.1. The maximum atomic E-state index is 11.8. The molecule has 0 aliphatic carbocycles. The number of aromatic amines is 1. The third-order valence-corrected chi connectivity index (χ3v) is 3.05. The lowest BCUT2D eigenvalue weighted by molar-refractivity contribution is -0.121. The smallest absolute Gasteiger partial charge is 0.222 e. The normalized spacial score (nSPS) is 10.5. The molecule has 2 aromatic heterocycles. The highest BCUT2D eigenvalue weighted by Crippen LogP contribution is 2.14. The molecule has 0 aliphatic heterocycles. The number of hydrogen-bond donors (Lipinski definition) is 2. The predicted octanol–water partition coefficient (Wildman–Crippen LogP) is 0.165. The minimum atomic E-state index is -0.0412. The number of benzene rings is 1. The summed E-state index contributed by atoms with van der Waals surface area (Å²) in [4.78, 5) is 15.6. The molecule has 22 heavy (non-hydrogen) atoms. The number of rotatable bonds is 6. The summed E-state index contributed by atoms with van der Waals surface area (Å²) in [7, 11) is 0. The quantitative estimate of drug-likeness (QED) is 0.670. The van der Waals surface area contributed by atoms with Crippen LogP contribution < -0.4 is 5.32 Å². The van der Waals surface area contributed by atoms with Crippen molar-refractivity contribution in [1.29, 1.82) is 0 Å². The van der Waals surface area contributed by atoms with Crippen LogP contribution in [0.15, 0.2) is 36.9 Å². The monoisotopic (exact) mass is 298 g/mol. The lowest BCUT2D eigenvalue weighted by Gasteiger charge is -2.06. The van der Waals surface area contributed by atoms with Crippen LogP contribution in [-0.2, 0) is 17.9 Å². The van der Waals surface area contributed by atoms with Crippen molar-refractivity contribution in [2.24, 2.45) is 0 Å². The van der Waals surface area contributed by atoms with Crippen molar-refractivity contribution in [2.45, 2.75) is 19.5 Å². The number of carbonyl (C=O) groups excluding carboxylic acids is 1. The summed E-state index contributed by atoms with van der Waals surface area (Å²) in [5.41, 5.74) is 1.82. The summed E-state index contributed by atoms with van der Waals surface area (Å²) >= 11 is 0. The van der Waals surface area contributed by atoms with Gasteiger partial charge in [0.05, 0.1) is 6.54 Å². The Hall–Kier alpha value is -3.10. The molecule has 2 heterocycles. The van der Waals surface area contributed by atoms with Crippen LogP contribution in [0.25, 0.3) is 11.4 Å². The van der Waals surface area contributed by atoms with E-state index in [9.17, 15) is 4.79 Å². The van der Waals surface area contributed by atoms with E-state index < -0.39 is 0 Å². The first-order valence-corrected chi connectivity index (χ1v) is 6.73. The van der Waals surface area contributed by atoms with Gasteiger partial charge in [0, 0.05) is 18.5 Å². The van der Waals surface area contributed by atoms with Crippen molar-refractivity contribution in [3.05, 3.63) is 42.5 Å². The molecule has 0 bridgehead atoms. The van der Waals surface area contributed by atoms with Crippen LogP contribution in [0.4, 0.5) is 0 Å². The summed E-state index contributed by atoms with van der Waals surface area (Å²) in [5.74, 6) is 0.486. The highest BCUT2D eigenvalue weighted by molar-refractivity contribution is 5.75. The van der Waals surface area contributed by atoms with E-state index in [0.717, 1.165) is 11.1 Å². The van der Waals surface area contributed by atoms with Gasteiger partial charge in [-0.25, -0.2) is 4.98 Å². The van der Waals surface area contributed by atoms with Crippen LogP contribution in [0.1, 0.15) is 12.0 Å². The number of aryl methyl sites for hydroxylation is 1. The van der Waals surface area contributed by atoms with E-state index in [2.05, 4.69) is 36.0 Å². The van der Waals surface area contributed by atoms with Crippen LogP contribution in [0.2, 0.25) is 0 Å². The number of nitrogens with zero attached hydrogens (tertiary/aromatic N) is 6. The molecule has 1 aromatic carbocycles. The van der Waals surface area contributed by atoms with Crippen molar-refractivity contribution in [3.63, 3.8) is 0 Å². The highest BCUT2D eigenvalue weighted by atomic mass is 16.1. The van der Waals surface area contributed by atoms with Gasteiger partial charge in [0.15, 0.2) is 0 Å². The van der Waals surface area contributed by atoms with Crippen LogP contribution >= 0.6 is 0 Å². The van der Waals surface area contributed by atoms with Crippen molar-refractivity contribution in [1.82, 2.24) is 40.7 Å². The Morgan fingerprint density at radius 2 is 2.32 bits per heavy atom. The Balaban J connectivity index is 1.53. The Morgan fingerprint density at radius 1 is 1.36 bits per heavy atom. The molecule has 0 atom stereocenters. The van der Waals surface area contributed by atoms with Gasteiger partial charge in [-0.15, -0.1) is 10.2 Å². The molecule has 3 aromatic rings. The second-order valence-electron chi connectivity index (χ2n) is 4.62. The van der Waals surface area contributed by atoms with Crippen LogP contribution in [0.5, 0.6) is 0 Å². The Bertz CT molecular complexity index is 722. The number of amides is 1. The molecule has 9 nitrogen and oxygen atoms in total. The SMILES string of the molecule is O=C(CCn1cncn1)NCc1cccc(-c2nn[nH]n2)c1. The van der Waals surface area contributed by atoms with E-state index in [0.29, 0.717) is 25.3 Å². The zero-order chi connectivity index (χ0) is 15.2. The fraction of sp³-hybridized carbons (Fsp3) is 0.231. The number of hydrogen-bond acceptors (Lipinski definition) is 6. The van der Waals surface area contributed by atoms with Gasteiger partial charge >= 0.3 is 0 Å². The number of aromatic nitrogens is 7. The summed E-state index contributed by atoms with van der Waals surface area (Å²) in [5, 5.41) is 20.6. The van der Waals surface area contributed by atoms with Crippen LogP contribution in [-0.4, -0.2) is 41.3 Å². The van der Waals surface area contributed by atoms with Crippen LogP contribution in [0.3, 0.4) is 0 Å². The molecule has 0 saturated heterocycles. The van der Waals surface area contributed by atoms with Crippen molar-refractivity contribution in [3.8, 4) is 11.4 Å². The minimum absolute atomic E-state index is 0.0412. The molecule has 112 valence electrons. The van der Waals surface area contributed by atoms with Gasteiger partial charge in [-0.05, 0) is 16.8 Å². The molecule has 0 spiro atoms. The second-order valence-corrected chi connectivity index (χ2v) is 4.62. The van der Waals surface area contributed by atoms with Crippen molar-refractivity contribution >= 4 is 5.91 Å². The summed E-state index contributed by atoms with van der Waals surface area (Å²) in [6.45, 7) is 0.955.